The summed E-state index contributed by atoms with van der Waals surface area (Å²) in [5.41, 5.74) is 10.2. The number of carboxylic acid groups (broad SMARTS) is 2. The molecule has 0 aromatic carbocycles. The number of rotatable bonds is 7. The Morgan fingerprint density at radius 3 is 2.22 bits per heavy atom. The van der Waals surface area contributed by atoms with Gasteiger partial charge in [0, 0.05) is 13.0 Å². The highest BCUT2D eigenvalue weighted by Gasteiger charge is 2.09. The highest BCUT2D eigenvalue weighted by atomic mass is 16.4. The third-order valence-electron chi connectivity index (χ3n) is 1.79. The van der Waals surface area contributed by atoms with Crippen molar-refractivity contribution in [3.8, 4) is 0 Å². The van der Waals surface area contributed by atoms with E-state index in [0.29, 0.717) is 25.8 Å². The first-order chi connectivity index (χ1) is 8.31. The molecule has 0 unspecified atom stereocenters. The molecular formula is C10H22N4O4. The summed E-state index contributed by atoms with van der Waals surface area (Å²) in [5, 5.41) is 25.6. The molecular weight excluding hydrogens is 240 g/mol. The summed E-state index contributed by atoms with van der Waals surface area (Å²) in [5.74, 6) is -1.82. The summed E-state index contributed by atoms with van der Waals surface area (Å²) in [6, 6.07) is -0.821. The maximum Gasteiger partial charge on any atom is 0.320 e. The van der Waals surface area contributed by atoms with Gasteiger partial charge in [0.05, 0.1) is 0 Å². The molecule has 0 saturated heterocycles. The molecule has 0 rings (SSSR count). The number of carbonyl (C=O) groups is 2. The van der Waals surface area contributed by atoms with E-state index in [4.69, 9.17) is 27.1 Å². The maximum atomic E-state index is 10.2. The molecule has 0 aromatic rings. The molecule has 0 aliphatic carbocycles. The van der Waals surface area contributed by atoms with Gasteiger partial charge in [0.2, 0.25) is 0 Å². The lowest BCUT2D eigenvalue weighted by atomic mass is 10.2. The van der Waals surface area contributed by atoms with Crippen LogP contribution >= 0.6 is 0 Å². The van der Waals surface area contributed by atoms with Gasteiger partial charge in [0.1, 0.15) is 6.04 Å². The Morgan fingerprint density at radius 2 is 1.94 bits per heavy atom. The number of aliphatic carboxylic acids is 2. The van der Waals surface area contributed by atoms with E-state index in [0.717, 1.165) is 6.42 Å². The zero-order valence-electron chi connectivity index (χ0n) is 10.5. The molecule has 0 saturated carbocycles. The number of guanidine groups is 1. The van der Waals surface area contributed by atoms with Crippen molar-refractivity contribution < 1.29 is 19.8 Å². The lowest BCUT2D eigenvalue weighted by Gasteiger charge is -2.06. The fourth-order valence-electron chi connectivity index (χ4n) is 0.882. The lowest BCUT2D eigenvalue weighted by molar-refractivity contribution is -0.139. The predicted octanol–water partition coefficient (Wildman–Crippen LogP) is -0.467. The van der Waals surface area contributed by atoms with Crippen LogP contribution in [0.15, 0.2) is 0 Å². The van der Waals surface area contributed by atoms with Crippen molar-refractivity contribution in [1.29, 1.82) is 5.41 Å². The molecule has 0 bridgehead atoms. The summed E-state index contributed by atoms with van der Waals surface area (Å²) in [4.78, 5) is 19.8. The second-order valence-corrected chi connectivity index (χ2v) is 3.57. The van der Waals surface area contributed by atoms with Gasteiger partial charge in [-0.1, -0.05) is 6.92 Å². The molecule has 0 fully saturated rings. The molecule has 106 valence electrons. The summed E-state index contributed by atoms with van der Waals surface area (Å²) < 4.78 is 0. The summed E-state index contributed by atoms with van der Waals surface area (Å²) in [6.07, 6.45) is 2.00. The molecule has 1 atom stereocenters. The Labute approximate surface area is 106 Å². The van der Waals surface area contributed by atoms with Crippen molar-refractivity contribution in [1.82, 2.24) is 5.32 Å². The molecule has 8 N–H and O–H groups in total. The van der Waals surface area contributed by atoms with Crippen molar-refractivity contribution >= 4 is 17.9 Å². The van der Waals surface area contributed by atoms with Crippen LogP contribution < -0.4 is 16.8 Å². The second-order valence-electron chi connectivity index (χ2n) is 3.57. The first kappa shape index (κ1) is 18.5. The average molecular weight is 262 g/mol. The largest absolute Gasteiger partial charge is 0.481 e. The van der Waals surface area contributed by atoms with Gasteiger partial charge in [-0.25, -0.2) is 0 Å². The monoisotopic (exact) mass is 262 g/mol. The lowest BCUT2D eigenvalue weighted by Crippen LogP contribution is -2.34. The maximum absolute atomic E-state index is 10.2. The molecule has 0 radical (unpaired) electrons. The normalized spacial score (nSPS) is 10.8. The Morgan fingerprint density at radius 1 is 1.39 bits per heavy atom. The smallest absolute Gasteiger partial charge is 0.320 e. The number of carboxylic acids is 2. The molecule has 0 amide bonds. The fraction of sp³-hybridized carbons (Fsp3) is 0.700. The van der Waals surface area contributed by atoms with E-state index in [-0.39, 0.29) is 5.96 Å². The minimum atomic E-state index is -1.00. The van der Waals surface area contributed by atoms with Gasteiger partial charge in [-0.05, 0) is 19.3 Å². The topological polar surface area (TPSA) is 163 Å². The van der Waals surface area contributed by atoms with Gasteiger partial charge in [-0.15, -0.1) is 0 Å². The zero-order chi connectivity index (χ0) is 14.6. The Hall–Kier alpha value is -1.83. The molecule has 0 heterocycles. The number of nitrogens with one attached hydrogen (secondary N) is 2. The number of hydrogen-bond donors (Lipinski definition) is 6. The number of hydrogen-bond acceptors (Lipinski definition) is 4. The standard InChI is InChI=1S/C6H14N4O2.C4H8O2/c7-4(5(11)12)2-1-3-10-6(8)9;1-2-3-4(5)6/h4H,1-3,7H2,(H,11,12)(H4,8,9,10);2-3H2,1H3,(H,5,6)/t4-;/m0./s1. The minimum Gasteiger partial charge on any atom is -0.481 e. The highest BCUT2D eigenvalue weighted by molar-refractivity contribution is 5.74. The van der Waals surface area contributed by atoms with Gasteiger partial charge in [0.25, 0.3) is 0 Å². The molecule has 8 heteroatoms. The quantitative estimate of drug-likeness (QED) is 0.205. The van der Waals surface area contributed by atoms with Crippen LogP contribution in [-0.4, -0.2) is 40.7 Å². The van der Waals surface area contributed by atoms with Crippen LogP contribution in [0.2, 0.25) is 0 Å². The van der Waals surface area contributed by atoms with Crippen LogP contribution in [0.5, 0.6) is 0 Å². The van der Waals surface area contributed by atoms with E-state index in [1.165, 1.54) is 0 Å². The first-order valence-corrected chi connectivity index (χ1v) is 5.59. The second kappa shape index (κ2) is 11.6. The van der Waals surface area contributed by atoms with Crippen LogP contribution in [0, 0.1) is 5.41 Å². The predicted molar refractivity (Wildman–Crippen MR) is 67.3 cm³/mol. The molecule has 8 nitrogen and oxygen atoms in total. The summed E-state index contributed by atoms with van der Waals surface area (Å²) >= 11 is 0. The van der Waals surface area contributed by atoms with Gasteiger partial charge in [-0.3, -0.25) is 15.0 Å². The van der Waals surface area contributed by atoms with Crippen LogP contribution in [0.4, 0.5) is 0 Å². The van der Waals surface area contributed by atoms with E-state index in [2.05, 4.69) is 5.32 Å². The SMILES string of the molecule is CCCC(=O)O.N=C(N)NCCC[C@H](N)C(=O)O. The van der Waals surface area contributed by atoms with E-state index >= 15 is 0 Å². The molecule has 18 heavy (non-hydrogen) atoms. The first-order valence-electron chi connectivity index (χ1n) is 5.59. The molecule has 0 aliphatic rings. The Balaban J connectivity index is 0. The zero-order valence-corrected chi connectivity index (χ0v) is 10.5. The van der Waals surface area contributed by atoms with E-state index in [1.807, 2.05) is 6.92 Å². The molecule has 0 aliphatic heterocycles. The van der Waals surface area contributed by atoms with Crippen molar-refractivity contribution in [3.63, 3.8) is 0 Å². The molecule has 0 aromatic heterocycles. The van der Waals surface area contributed by atoms with Crippen molar-refractivity contribution in [2.24, 2.45) is 11.5 Å². The van der Waals surface area contributed by atoms with Crippen molar-refractivity contribution in [2.75, 3.05) is 6.54 Å². The minimum absolute atomic E-state index is 0.112. The van der Waals surface area contributed by atoms with E-state index in [1.54, 1.807) is 0 Å². The Kier molecular flexibility index (Phi) is 12.0. The number of nitrogens with two attached hydrogens (primary N) is 2. The summed E-state index contributed by atoms with van der Waals surface area (Å²) in [6.45, 7) is 2.32. The molecule has 0 spiro atoms. The van der Waals surface area contributed by atoms with E-state index < -0.39 is 18.0 Å². The van der Waals surface area contributed by atoms with Crippen LogP contribution in [-0.2, 0) is 9.59 Å². The van der Waals surface area contributed by atoms with Crippen molar-refractivity contribution in [2.45, 2.75) is 38.6 Å². The third-order valence-corrected chi connectivity index (χ3v) is 1.79. The van der Waals surface area contributed by atoms with Gasteiger partial charge < -0.3 is 27.0 Å². The highest BCUT2D eigenvalue weighted by Crippen LogP contribution is 1.92. The summed E-state index contributed by atoms with van der Waals surface area (Å²) in [7, 11) is 0. The van der Waals surface area contributed by atoms with Crippen molar-refractivity contribution in [3.05, 3.63) is 0 Å². The van der Waals surface area contributed by atoms with Gasteiger partial charge in [0.15, 0.2) is 5.96 Å². The van der Waals surface area contributed by atoms with Crippen LogP contribution in [0.3, 0.4) is 0 Å². The van der Waals surface area contributed by atoms with Crippen LogP contribution in [0.25, 0.3) is 0 Å². The fourth-order valence-corrected chi connectivity index (χ4v) is 0.882. The van der Waals surface area contributed by atoms with Gasteiger partial charge >= 0.3 is 11.9 Å². The van der Waals surface area contributed by atoms with Crippen LogP contribution in [0.1, 0.15) is 32.6 Å². The average Bonchev–Trinajstić information content (AvgIpc) is 2.24. The third kappa shape index (κ3) is 16.6. The Bertz CT molecular complexity index is 271. The van der Waals surface area contributed by atoms with E-state index in [9.17, 15) is 9.59 Å². The van der Waals surface area contributed by atoms with Gasteiger partial charge in [-0.2, -0.15) is 0 Å².